The van der Waals surface area contributed by atoms with E-state index in [4.69, 9.17) is 10.5 Å². The van der Waals surface area contributed by atoms with Gasteiger partial charge in [-0.05, 0) is 38.1 Å². The van der Waals surface area contributed by atoms with E-state index in [1.165, 1.54) is 12.1 Å². The van der Waals surface area contributed by atoms with Crippen LogP contribution in [0.4, 0.5) is 0 Å². The van der Waals surface area contributed by atoms with Gasteiger partial charge in [-0.1, -0.05) is 0 Å². The number of carbonyl (C=O) groups is 1. The number of carbonyl (C=O) groups excluding carboxylic acids is 1. The summed E-state index contributed by atoms with van der Waals surface area (Å²) < 4.78 is 28.0. The van der Waals surface area contributed by atoms with E-state index in [2.05, 4.69) is 5.32 Å². The molecule has 0 aromatic heterocycles. The van der Waals surface area contributed by atoms with Crippen molar-refractivity contribution in [3.63, 3.8) is 0 Å². The Kier molecular flexibility index (Phi) is 5.74. The number of sulfone groups is 1. The summed E-state index contributed by atoms with van der Waals surface area (Å²) >= 11 is 0. The van der Waals surface area contributed by atoms with Gasteiger partial charge in [0.15, 0.2) is 9.84 Å². The average molecular weight is 314 g/mol. The molecule has 1 amide bonds. The molecule has 118 valence electrons. The van der Waals surface area contributed by atoms with Crippen molar-refractivity contribution in [1.82, 2.24) is 5.32 Å². The van der Waals surface area contributed by atoms with Crippen molar-refractivity contribution in [1.29, 1.82) is 0 Å². The van der Waals surface area contributed by atoms with Gasteiger partial charge in [0.2, 0.25) is 5.91 Å². The predicted octanol–water partition coefficient (Wildman–Crippen LogP) is 0.713. The number of nitrogens with one attached hydrogen (secondary N) is 1. The van der Waals surface area contributed by atoms with Gasteiger partial charge in [-0.15, -0.1) is 0 Å². The molecule has 21 heavy (non-hydrogen) atoms. The zero-order valence-electron chi connectivity index (χ0n) is 12.5. The first-order valence-electron chi connectivity index (χ1n) is 6.56. The summed E-state index contributed by atoms with van der Waals surface area (Å²) in [5.74, 6) is 0.385. The van der Waals surface area contributed by atoms with Crippen LogP contribution >= 0.6 is 0 Å². The third-order valence-corrected chi connectivity index (χ3v) is 3.72. The molecule has 0 saturated carbocycles. The molecule has 1 aromatic rings. The van der Waals surface area contributed by atoms with Gasteiger partial charge in [-0.2, -0.15) is 0 Å². The van der Waals surface area contributed by atoms with Crippen molar-refractivity contribution in [3.8, 4) is 5.75 Å². The first kappa shape index (κ1) is 17.5. The highest BCUT2D eigenvalue weighted by atomic mass is 32.2. The molecule has 0 bridgehead atoms. The molecule has 0 aliphatic heterocycles. The minimum Gasteiger partial charge on any atom is -0.493 e. The van der Waals surface area contributed by atoms with E-state index >= 15 is 0 Å². The summed E-state index contributed by atoms with van der Waals surface area (Å²) in [6, 6.07) is 6.08. The summed E-state index contributed by atoms with van der Waals surface area (Å²) in [5.41, 5.74) is 5.31. The maximum absolute atomic E-state index is 11.5. The predicted molar refractivity (Wildman–Crippen MR) is 80.9 cm³/mol. The average Bonchev–Trinajstić information content (AvgIpc) is 2.35. The van der Waals surface area contributed by atoms with Crippen LogP contribution < -0.4 is 15.8 Å². The zero-order valence-corrected chi connectivity index (χ0v) is 13.4. The number of benzene rings is 1. The highest BCUT2D eigenvalue weighted by molar-refractivity contribution is 7.90. The second-order valence-corrected chi connectivity index (χ2v) is 7.62. The number of amides is 1. The van der Waals surface area contributed by atoms with Crippen LogP contribution in [0.25, 0.3) is 0 Å². The fraction of sp³-hybridized carbons (Fsp3) is 0.500. The van der Waals surface area contributed by atoms with Crippen molar-refractivity contribution < 1.29 is 17.9 Å². The molecule has 1 rings (SSSR count). The van der Waals surface area contributed by atoms with Crippen molar-refractivity contribution in [3.05, 3.63) is 24.3 Å². The number of rotatable bonds is 7. The van der Waals surface area contributed by atoms with Crippen LogP contribution in [0.5, 0.6) is 5.75 Å². The van der Waals surface area contributed by atoms with Crippen LogP contribution in [0, 0.1) is 0 Å². The van der Waals surface area contributed by atoms with E-state index in [-0.39, 0.29) is 23.8 Å². The quantitative estimate of drug-likeness (QED) is 0.772. The molecule has 1 aromatic carbocycles. The summed E-state index contributed by atoms with van der Waals surface area (Å²) in [6.45, 7) is 4.27. The van der Waals surface area contributed by atoms with Crippen molar-refractivity contribution in [2.45, 2.75) is 30.7 Å². The molecule has 3 N–H and O–H groups in total. The fourth-order valence-corrected chi connectivity index (χ4v) is 2.09. The van der Waals surface area contributed by atoms with Gasteiger partial charge in [0.1, 0.15) is 5.75 Å². The van der Waals surface area contributed by atoms with Crippen LogP contribution in [-0.2, 0) is 14.6 Å². The number of nitrogens with two attached hydrogens (primary N) is 1. The van der Waals surface area contributed by atoms with Crippen molar-refractivity contribution in [2.75, 3.05) is 19.4 Å². The Labute approximate surface area is 125 Å². The minimum absolute atomic E-state index is 0.138. The standard InChI is InChI=1S/C14H22N2O4S/c1-14(2,15)10-16-13(17)8-9-20-11-4-6-12(7-5-11)21(3,18)19/h4-7H,8-10,15H2,1-3H3,(H,16,17). The Morgan fingerprint density at radius 1 is 1.29 bits per heavy atom. The SMILES string of the molecule is CC(C)(N)CNC(=O)CCOc1ccc(S(C)(=O)=O)cc1. The second-order valence-electron chi connectivity index (χ2n) is 5.61. The highest BCUT2D eigenvalue weighted by Gasteiger charge is 2.12. The maximum Gasteiger partial charge on any atom is 0.223 e. The van der Waals surface area contributed by atoms with Crippen LogP contribution in [0.2, 0.25) is 0 Å². The van der Waals surface area contributed by atoms with Crippen molar-refractivity contribution in [2.24, 2.45) is 5.73 Å². The molecule has 0 heterocycles. The van der Waals surface area contributed by atoms with Gasteiger partial charge >= 0.3 is 0 Å². The van der Waals surface area contributed by atoms with Gasteiger partial charge < -0.3 is 15.8 Å². The molecule has 0 saturated heterocycles. The van der Waals surface area contributed by atoms with Gasteiger partial charge in [0.05, 0.1) is 17.9 Å². The molecular weight excluding hydrogens is 292 g/mol. The molecule has 0 aliphatic rings. The largest absolute Gasteiger partial charge is 0.493 e. The summed E-state index contributed by atoms with van der Waals surface area (Å²) in [5, 5.41) is 2.71. The molecule has 0 atom stereocenters. The Hall–Kier alpha value is -1.60. The van der Waals surface area contributed by atoms with E-state index in [0.29, 0.717) is 12.3 Å². The van der Waals surface area contributed by atoms with E-state index in [1.807, 2.05) is 13.8 Å². The molecule has 0 fully saturated rings. The molecule has 0 unspecified atom stereocenters. The Balaban J connectivity index is 2.38. The second kappa shape index (κ2) is 6.91. The number of hydrogen-bond acceptors (Lipinski definition) is 5. The van der Waals surface area contributed by atoms with Crippen molar-refractivity contribution >= 4 is 15.7 Å². The van der Waals surface area contributed by atoms with E-state index < -0.39 is 15.4 Å². The Morgan fingerprint density at radius 3 is 2.33 bits per heavy atom. The minimum atomic E-state index is -3.21. The van der Waals surface area contributed by atoms with E-state index in [9.17, 15) is 13.2 Å². The van der Waals surface area contributed by atoms with Gasteiger partial charge in [-0.25, -0.2) is 8.42 Å². The third-order valence-electron chi connectivity index (χ3n) is 2.59. The first-order valence-corrected chi connectivity index (χ1v) is 8.45. The lowest BCUT2D eigenvalue weighted by Crippen LogP contribution is -2.45. The highest BCUT2D eigenvalue weighted by Crippen LogP contribution is 2.15. The first-order chi connectivity index (χ1) is 9.58. The molecular formula is C14H22N2O4S. The normalized spacial score (nSPS) is 12.0. The zero-order chi connectivity index (χ0) is 16.1. The number of ether oxygens (including phenoxy) is 1. The Bertz CT molecular complexity index is 574. The summed E-state index contributed by atoms with van der Waals surface area (Å²) in [7, 11) is -3.21. The molecule has 0 spiro atoms. The van der Waals surface area contributed by atoms with Crippen LogP contribution in [0.1, 0.15) is 20.3 Å². The van der Waals surface area contributed by atoms with Gasteiger partial charge in [0.25, 0.3) is 0 Å². The van der Waals surface area contributed by atoms with Gasteiger partial charge in [0, 0.05) is 18.3 Å². The van der Waals surface area contributed by atoms with Crippen LogP contribution in [-0.4, -0.2) is 39.3 Å². The lowest BCUT2D eigenvalue weighted by molar-refractivity contribution is -0.121. The van der Waals surface area contributed by atoms with Crippen LogP contribution in [0.15, 0.2) is 29.2 Å². The smallest absolute Gasteiger partial charge is 0.223 e. The van der Waals surface area contributed by atoms with Crippen LogP contribution in [0.3, 0.4) is 0 Å². The van der Waals surface area contributed by atoms with E-state index in [0.717, 1.165) is 6.26 Å². The molecule has 0 radical (unpaired) electrons. The fourth-order valence-electron chi connectivity index (χ4n) is 1.46. The topological polar surface area (TPSA) is 98.5 Å². The molecule has 7 heteroatoms. The summed E-state index contributed by atoms with van der Waals surface area (Å²) in [4.78, 5) is 11.8. The Morgan fingerprint density at radius 2 is 1.86 bits per heavy atom. The molecule has 0 aliphatic carbocycles. The lowest BCUT2D eigenvalue weighted by atomic mass is 10.1. The maximum atomic E-state index is 11.5. The monoisotopic (exact) mass is 314 g/mol. The van der Waals surface area contributed by atoms with E-state index in [1.54, 1.807) is 12.1 Å². The molecule has 6 nitrogen and oxygen atoms in total. The number of hydrogen-bond donors (Lipinski definition) is 2. The lowest BCUT2D eigenvalue weighted by Gasteiger charge is -2.18. The third kappa shape index (κ3) is 7.10. The summed E-state index contributed by atoms with van der Waals surface area (Å²) in [6.07, 6.45) is 1.36. The van der Waals surface area contributed by atoms with Gasteiger partial charge in [-0.3, -0.25) is 4.79 Å².